The first kappa shape index (κ1) is 8.72. The third kappa shape index (κ3) is 2.03. The Morgan fingerprint density at radius 2 is 2.09 bits per heavy atom. The van der Waals surface area contributed by atoms with Crippen molar-refractivity contribution < 1.29 is 4.39 Å². The highest BCUT2D eigenvalue weighted by molar-refractivity contribution is 9.10. The summed E-state index contributed by atoms with van der Waals surface area (Å²) in [5.41, 5.74) is 1.77. The van der Waals surface area contributed by atoms with Crippen LogP contribution in [0.3, 0.4) is 0 Å². The summed E-state index contributed by atoms with van der Waals surface area (Å²) in [6.45, 7) is 3.46. The van der Waals surface area contributed by atoms with Gasteiger partial charge in [0.15, 0.2) is 0 Å². The number of alkyl halides is 1. The van der Waals surface area contributed by atoms with Gasteiger partial charge >= 0.3 is 0 Å². The minimum atomic E-state index is -0.872. The van der Waals surface area contributed by atoms with Crippen molar-refractivity contribution in [3.63, 3.8) is 0 Å². The zero-order valence-electron chi connectivity index (χ0n) is 6.57. The molecule has 0 aromatic heterocycles. The normalized spacial score (nSPS) is 13.1. The molecular formula is C9H10BrF. The van der Waals surface area contributed by atoms with E-state index in [4.69, 9.17) is 0 Å². The van der Waals surface area contributed by atoms with Gasteiger partial charge in [-0.05, 0) is 37.1 Å². The van der Waals surface area contributed by atoms with Crippen LogP contribution in [-0.2, 0) is 0 Å². The van der Waals surface area contributed by atoms with Gasteiger partial charge in [-0.3, -0.25) is 0 Å². The maximum absolute atomic E-state index is 12.8. The standard InChI is InChI=1S/C9H10BrF/c1-6-5-8(10)3-4-9(6)7(2)11/h3-5,7H,1-2H3. The first-order chi connectivity index (χ1) is 5.11. The third-order valence-electron chi connectivity index (χ3n) is 1.66. The molecule has 0 aliphatic rings. The lowest BCUT2D eigenvalue weighted by Crippen LogP contribution is -1.89. The first-order valence-corrected chi connectivity index (χ1v) is 4.30. The fraction of sp³-hybridized carbons (Fsp3) is 0.333. The summed E-state index contributed by atoms with van der Waals surface area (Å²) < 4.78 is 13.8. The van der Waals surface area contributed by atoms with E-state index in [2.05, 4.69) is 15.9 Å². The van der Waals surface area contributed by atoms with E-state index in [0.29, 0.717) is 0 Å². The van der Waals surface area contributed by atoms with Crippen molar-refractivity contribution in [2.24, 2.45) is 0 Å². The number of benzene rings is 1. The summed E-state index contributed by atoms with van der Waals surface area (Å²) in [5.74, 6) is 0. The van der Waals surface area contributed by atoms with Crippen molar-refractivity contribution in [3.05, 3.63) is 33.8 Å². The van der Waals surface area contributed by atoms with Crippen LogP contribution in [0.4, 0.5) is 4.39 Å². The summed E-state index contributed by atoms with van der Waals surface area (Å²) in [5, 5.41) is 0. The molecule has 2 heteroatoms. The summed E-state index contributed by atoms with van der Waals surface area (Å²) in [7, 11) is 0. The van der Waals surface area contributed by atoms with Gasteiger partial charge in [-0.15, -0.1) is 0 Å². The van der Waals surface area contributed by atoms with Gasteiger partial charge in [0.25, 0.3) is 0 Å². The van der Waals surface area contributed by atoms with Gasteiger partial charge in [0.1, 0.15) is 6.17 Å². The molecule has 0 aliphatic heterocycles. The van der Waals surface area contributed by atoms with Gasteiger partial charge in [-0.2, -0.15) is 0 Å². The van der Waals surface area contributed by atoms with Gasteiger partial charge in [0.05, 0.1) is 0 Å². The molecule has 1 rings (SSSR count). The number of rotatable bonds is 1. The predicted molar refractivity (Wildman–Crippen MR) is 48.4 cm³/mol. The van der Waals surface area contributed by atoms with Gasteiger partial charge in [0, 0.05) is 4.47 Å². The fourth-order valence-electron chi connectivity index (χ4n) is 1.09. The zero-order chi connectivity index (χ0) is 8.43. The van der Waals surface area contributed by atoms with Crippen molar-refractivity contribution >= 4 is 15.9 Å². The van der Waals surface area contributed by atoms with Crippen molar-refractivity contribution in [2.45, 2.75) is 20.0 Å². The average Bonchev–Trinajstić information content (AvgIpc) is 1.85. The molecule has 1 atom stereocenters. The van der Waals surface area contributed by atoms with Crippen LogP contribution in [-0.4, -0.2) is 0 Å². The Hall–Kier alpha value is -0.370. The van der Waals surface area contributed by atoms with E-state index in [1.165, 1.54) is 0 Å². The molecule has 1 unspecified atom stereocenters. The molecule has 0 amide bonds. The zero-order valence-corrected chi connectivity index (χ0v) is 8.15. The third-order valence-corrected chi connectivity index (χ3v) is 2.15. The van der Waals surface area contributed by atoms with Crippen molar-refractivity contribution in [3.8, 4) is 0 Å². The average molecular weight is 217 g/mol. The number of halogens is 2. The molecule has 0 N–H and O–H groups in total. The summed E-state index contributed by atoms with van der Waals surface area (Å²) in [4.78, 5) is 0. The molecule has 0 fully saturated rings. The van der Waals surface area contributed by atoms with Gasteiger partial charge in [-0.1, -0.05) is 22.0 Å². The van der Waals surface area contributed by atoms with Crippen LogP contribution in [0.15, 0.2) is 22.7 Å². The minimum Gasteiger partial charge on any atom is -0.243 e. The second kappa shape index (κ2) is 3.35. The molecule has 0 bridgehead atoms. The molecule has 0 heterocycles. The highest BCUT2D eigenvalue weighted by Crippen LogP contribution is 2.23. The molecule has 1 aromatic carbocycles. The lowest BCUT2D eigenvalue weighted by molar-refractivity contribution is 0.373. The fourth-order valence-corrected chi connectivity index (χ4v) is 1.56. The van der Waals surface area contributed by atoms with Gasteiger partial charge in [0.2, 0.25) is 0 Å². The number of hydrogen-bond donors (Lipinski definition) is 0. The van der Waals surface area contributed by atoms with E-state index in [0.717, 1.165) is 15.6 Å². The largest absolute Gasteiger partial charge is 0.243 e. The Labute approximate surface area is 74.6 Å². The monoisotopic (exact) mass is 216 g/mol. The Kier molecular flexibility index (Phi) is 2.66. The van der Waals surface area contributed by atoms with E-state index < -0.39 is 6.17 Å². The second-order valence-electron chi connectivity index (χ2n) is 2.62. The van der Waals surface area contributed by atoms with Crippen molar-refractivity contribution in [2.75, 3.05) is 0 Å². The van der Waals surface area contributed by atoms with Crippen LogP contribution in [0.5, 0.6) is 0 Å². The van der Waals surface area contributed by atoms with Crippen LogP contribution in [0, 0.1) is 6.92 Å². The smallest absolute Gasteiger partial charge is 0.123 e. The molecule has 0 spiro atoms. The number of aryl methyl sites for hydroxylation is 1. The Morgan fingerprint density at radius 3 is 2.55 bits per heavy atom. The predicted octanol–water partition coefficient (Wildman–Crippen LogP) is 3.79. The summed E-state index contributed by atoms with van der Waals surface area (Å²) >= 11 is 3.32. The highest BCUT2D eigenvalue weighted by Gasteiger charge is 2.05. The number of hydrogen-bond acceptors (Lipinski definition) is 0. The van der Waals surface area contributed by atoms with Crippen LogP contribution in [0.1, 0.15) is 24.2 Å². The lowest BCUT2D eigenvalue weighted by atomic mass is 10.1. The molecule has 0 saturated carbocycles. The lowest BCUT2D eigenvalue weighted by Gasteiger charge is -2.06. The molecule has 60 valence electrons. The van der Waals surface area contributed by atoms with Crippen LogP contribution >= 0.6 is 15.9 Å². The van der Waals surface area contributed by atoms with Crippen LogP contribution in [0.25, 0.3) is 0 Å². The van der Waals surface area contributed by atoms with E-state index in [9.17, 15) is 4.39 Å². The Morgan fingerprint density at radius 1 is 1.45 bits per heavy atom. The second-order valence-corrected chi connectivity index (χ2v) is 3.53. The maximum atomic E-state index is 12.8. The highest BCUT2D eigenvalue weighted by atomic mass is 79.9. The van der Waals surface area contributed by atoms with E-state index in [1.807, 2.05) is 25.1 Å². The van der Waals surface area contributed by atoms with E-state index >= 15 is 0 Å². The molecule has 0 aliphatic carbocycles. The SMILES string of the molecule is Cc1cc(Br)ccc1C(C)F. The molecule has 1 aromatic rings. The molecule has 0 radical (unpaired) electrons. The Balaban J connectivity index is 3.09. The molecule has 0 nitrogen and oxygen atoms in total. The molecule has 11 heavy (non-hydrogen) atoms. The first-order valence-electron chi connectivity index (χ1n) is 3.51. The van der Waals surface area contributed by atoms with E-state index in [1.54, 1.807) is 6.92 Å². The summed E-state index contributed by atoms with van der Waals surface area (Å²) in [6, 6.07) is 5.59. The molecule has 0 saturated heterocycles. The Bertz CT molecular complexity index is 256. The topological polar surface area (TPSA) is 0 Å². The quantitative estimate of drug-likeness (QED) is 0.671. The maximum Gasteiger partial charge on any atom is 0.123 e. The van der Waals surface area contributed by atoms with Crippen LogP contribution in [0.2, 0.25) is 0 Å². The van der Waals surface area contributed by atoms with Crippen molar-refractivity contribution in [1.29, 1.82) is 0 Å². The molecular weight excluding hydrogens is 207 g/mol. The minimum absolute atomic E-state index is 0.771. The van der Waals surface area contributed by atoms with E-state index in [-0.39, 0.29) is 0 Å². The summed E-state index contributed by atoms with van der Waals surface area (Å²) in [6.07, 6.45) is -0.872. The van der Waals surface area contributed by atoms with Crippen molar-refractivity contribution in [1.82, 2.24) is 0 Å². The van der Waals surface area contributed by atoms with Crippen LogP contribution < -0.4 is 0 Å². The van der Waals surface area contributed by atoms with Gasteiger partial charge in [-0.25, -0.2) is 4.39 Å². The van der Waals surface area contributed by atoms with Gasteiger partial charge < -0.3 is 0 Å².